The van der Waals surface area contributed by atoms with Gasteiger partial charge in [0.25, 0.3) is 0 Å². The Morgan fingerprint density at radius 3 is 2.50 bits per heavy atom. The van der Waals surface area contributed by atoms with Crippen molar-refractivity contribution in [2.45, 2.75) is 51.7 Å². The Morgan fingerprint density at radius 1 is 1.21 bits per heavy atom. The van der Waals surface area contributed by atoms with Crippen molar-refractivity contribution in [2.24, 2.45) is 23.7 Å². The van der Waals surface area contributed by atoms with Gasteiger partial charge in [0, 0.05) is 0 Å². The summed E-state index contributed by atoms with van der Waals surface area (Å²) in [6.45, 7) is 7.06. The number of thioether (sulfide) groups is 1. The smallest absolute Gasteiger partial charge is 0.000958 e. The van der Waals surface area contributed by atoms with Crippen LogP contribution in [0.1, 0.15) is 46.5 Å². The van der Waals surface area contributed by atoms with E-state index < -0.39 is 0 Å². The van der Waals surface area contributed by atoms with Crippen LogP contribution in [0, 0.1) is 23.7 Å². The highest BCUT2D eigenvalue weighted by Crippen LogP contribution is 2.56. The summed E-state index contributed by atoms with van der Waals surface area (Å²) in [6, 6.07) is 0. The van der Waals surface area contributed by atoms with Gasteiger partial charge in [-0.25, -0.2) is 0 Å². The molecule has 0 bridgehead atoms. The van der Waals surface area contributed by atoms with E-state index in [0.717, 1.165) is 17.1 Å². The molecule has 2 aliphatic rings. The van der Waals surface area contributed by atoms with Crippen molar-refractivity contribution in [3.8, 4) is 0 Å². The van der Waals surface area contributed by atoms with E-state index in [1.807, 2.05) is 0 Å². The molecule has 1 heteroatoms. The minimum atomic E-state index is 0.816. The minimum Gasteiger partial charge on any atom is -0.159 e. The fourth-order valence-corrected chi connectivity index (χ4v) is 3.43. The fraction of sp³-hybridized carbons (Fsp3) is 1.00. The van der Waals surface area contributed by atoms with Crippen molar-refractivity contribution in [2.75, 3.05) is 5.75 Å². The van der Waals surface area contributed by atoms with Gasteiger partial charge in [0.15, 0.2) is 0 Å². The van der Waals surface area contributed by atoms with Crippen molar-refractivity contribution in [1.29, 1.82) is 0 Å². The molecule has 0 amide bonds. The van der Waals surface area contributed by atoms with E-state index in [1.165, 1.54) is 24.0 Å². The van der Waals surface area contributed by atoms with Crippen LogP contribution in [-0.4, -0.2) is 11.0 Å². The molecule has 0 spiro atoms. The quantitative estimate of drug-likeness (QED) is 0.636. The molecule has 3 atom stereocenters. The third kappa shape index (κ3) is 3.18. The summed E-state index contributed by atoms with van der Waals surface area (Å²) in [4.78, 5) is 0. The van der Waals surface area contributed by atoms with Crippen LogP contribution in [-0.2, 0) is 0 Å². The van der Waals surface area contributed by atoms with Gasteiger partial charge >= 0.3 is 0 Å². The zero-order chi connectivity index (χ0) is 10.1. The molecule has 2 unspecified atom stereocenters. The SMILES string of the molecule is CC(CSC(C)C)C[C@H]1CC1C1CC1. The van der Waals surface area contributed by atoms with Crippen LogP contribution in [0.5, 0.6) is 0 Å². The van der Waals surface area contributed by atoms with E-state index in [-0.39, 0.29) is 0 Å². The average molecular weight is 212 g/mol. The highest BCUT2D eigenvalue weighted by Gasteiger charge is 2.47. The summed E-state index contributed by atoms with van der Waals surface area (Å²) in [6.07, 6.45) is 6.19. The molecular formula is C13H24S. The predicted octanol–water partition coefficient (Wildman–Crippen LogP) is 4.20. The number of hydrogen-bond acceptors (Lipinski definition) is 1. The Morgan fingerprint density at radius 2 is 1.93 bits per heavy atom. The summed E-state index contributed by atoms with van der Waals surface area (Å²) in [5.41, 5.74) is 0. The lowest BCUT2D eigenvalue weighted by molar-refractivity contribution is 0.501. The maximum atomic E-state index is 2.44. The molecule has 14 heavy (non-hydrogen) atoms. The molecule has 0 aromatic rings. The Labute approximate surface area is 93.2 Å². The second-order valence-corrected chi connectivity index (χ2v) is 7.33. The molecule has 0 N–H and O–H groups in total. The van der Waals surface area contributed by atoms with Crippen molar-refractivity contribution in [1.82, 2.24) is 0 Å². The third-order valence-corrected chi connectivity index (χ3v) is 5.05. The molecule has 0 aliphatic heterocycles. The van der Waals surface area contributed by atoms with Crippen LogP contribution in [0.3, 0.4) is 0 Å². The van der Waals surface area contributed by atoms with Gasteiger partial charge < -0.3 is 0 Å². The molecule has 2 aliphatic carbocycles. The first kappa shape index (κ1) is 10.9. The standard InChI is InChI=1S/C13H24S/c1-9(2)14-8-10(3)6-12-7-13(12)11-4-5-11/h9-13H,4-8H2,1-3H3/t10?,12-,13?/m0/s1. The lowest BCUT2D eigenvalue weighted by Crippen LogP contribution is -2.03. The molecule has 0 heterocycles. The van der Waals surface area contributed by atoms with Crippen molar-refractivity contribution < 1.29 is 0 Å². The van der Waals surface area contributed by atoms with Gasteiger partial charge in [-0.2, -0.15) is 11.8 Å². The lowest BCUT2D eigenvalue weighted by Gasteiger charge is -2.12. The van der Waals surface area contributed by atoms with Gasteiger partial charge in [-0.1, -0.05) is 20.8 Å². The summed E-state index contributed by atoms with van der Waals surface area (Å²) in [7, 11) is 0. The zero-order valence-corrected chi connectivity index (χ0v) is 10.6. The Hall–Kier alpha value is 0.350. The second kappa shape index (κ2) is 4.47. The molecule has 0 saturated heterocycles. The van der Waals surface area contributed by atoms with Crippen LogP contribution in [0.2, 0.25) is 0 Å². The molecule has 0 aromatic heterocycles. The van der Waals surface area contributed by atoms with Gasteiger partial charge in [0.2, 0.25) is 0 Å². The summed E-state index contributed by atoms with van der Waals surface area (Å²) in [5.74, 6) is 5.80. The maximum Gasteiger partial charge on any atom is -0.000958 e. The second-order valence-electron chi connectivity index (χ2n) is 5.72. The predicted molar refractivity (Wildman–Crippen MR) is 65.7 cm³/mol. The molecule has 2 rings (SSSR count). The lowest BCUT2D eigenvalue weighted by atomic mass is 10.0. The number of rotatable bonds is 6. The van der Waals surface area contributed by atoms with Gasteiger partial charge in [0.1, 0.15) is 0 Å². The summed E-state index contributed by atoms with van der Waals surface area (Å²) < 4.78 is 0. The van der Waals surface area contributed by atoms with Gasteiger partial charge in [-0.15, -0.1) is 0 Å². The molecule has 0 nitrogen and oxygen atoms in total. The van der Waals surface area contributed by atoms with Crippen molar-refractivity contribution in [3.63, 3.8) is 0 Å². The first-order chi connectivity index (χ1) is 6.66. The number of hydrogen-bond donors (Lipinski definition) is 0. The topological polar surface area (TPSA) is 0 Å². The third-order valence-electron chi connectivity index (χ3n) is 3.62. The average Bonchev–Trinajstić information content (AvgIpc) is 2.92. The van der Waals surface area contributed by atoms with Crippen LogP contribution < -0.4 is 0 Å². The fourth-order valence-electron chi connectivity index (χ4n) is 2.59. The van der Waals surface area contributed by atoms with Crippen LogP contribution in [0.4, 0.5) is 0 Å². The van der Waals surface area contributed by atoms with Crippen molar-refractivity contribution in [3.05, 3.63) is 0 Å². The highest BCUT2D eigenvalue weighted by atomic mass is 32.2. The normalized spacial score (nSPS) is 33.4. The molecule has 2 fully saturated rings. The van der Waals surface area contributed by atoms with Gasteiger partial charge in [-0.3, -0.25) is 0 Å². The summed E-state index contributed by atoms with van der Waals surface area (Å²) in [5, 5.41) is 0.816. The largest absolute Gasteiger partial charge is 0.159 e. The van der Waals surface area contributed by atoms with E-state index in [4.69, 9.17) is 0 Å². The Kier molecular flexibility index (Phi) is 3.46. The first-order valence-electron chi connectivity index (χ1n) is 6.28. The van der Waals surface area contributed by atoms with Crippen LogP contribution >= 0.6 is 11.8 Å². The Bertz CT molecular complexity index is 184. The van der Waals surface area contributed by atoms with Gasteiger partial charge in [-0.05, 0) is 60.4 Å². The molecule has 82 valence electrons. The van der Waals surface area contributed by atoms with E-state index in [9.17, 15) is 0 Å². The van der Waals surface area contributed by atoms with Crippen molar-refractivity contribution >= 4 is 11.8 Å². The van der Waals surface area contributed by atoms with E-state index >= 15 is 0 Å². The Balaban J connectivity index is 1.56. The molecule has 0 aromatic carbocycles. The molecule has 0 radical (unpaired) electrons. The van der Waals surface area contributed by atoms with Crippen LogP contribution in [0.15, 0.2) is 0 Å². The molecular weight excluding hydrogens is 188 g/mol. The monoisotopic (exact) mass is 212 g/mol. The van der Waals surface area contributed by atoms with E-state index in [1.54, 1.807) is 19.3 Å². The van der Waals surface area contributed by atoms with Crippen LogP contribution in [0.25, 0.3) is 0 Å². The summed E-state index contributed by atoms with van der Waals surface area (Å²) >= 11 is 2.13. The maximum absolute atomic E-state index is 2.44. The first-order valence-corrected chi connectivity index (χ1v) is 7.33. The molecule has 2 saturated carbocycles. The minimum absolute atomic E-state index is 0.816. The van der Waals surface area contributed by atoms with E-state index in [2.05, 4.69) is 32.5 Å². The van der Waals surface area contributed by atoms with E-state index in [0.29, 0.717) is 0 Å². The van der Waals surface area contributed by atoms with Gasteiger partial charge in [0.05, 0.1) is 0 Å². The zero-order valence-electron chi connectivity index (χ0n) is 9.83. The highest BCUT2D eigenvalue weighted by molar-refractivity contribution is 7.99.